The van der Waals surface area contributed by atoms with Crippen LogP contribution in [0.2, 0.25) is 10.3 Å². The number of hydrogen-bond acceptors (Lipinski definition) is 4. The van der Waals surface area contributed by atoms with Gasteiger partial charge in [-0.1, -0.05) is 11.6 Å². The lowest BCUT2D eigenvalue weighted by atomic mass is 10.1. The van der Waals surface area contributed by atoms with Gasteiger partial charge in [-0.15, -0.1) is 0 Å². The molecule has 0 unspecified atom stereocenters. The largest absolute Gasteiger partial charge is 0.502 e. The third kappa shape index (κ3) is 2.70. The molecule has 0 saturated heterocycles. The second-order valence-corrected chi connectivity index (χ2v) is 4.49. The Kier molecular flexibility index (Phi) is 3.74. The molecule has 96 valence electrons. The zero-order valence-corrected chi connectivity index (χ0v) is 11.0. The number of halogens is 2. The highest BCUT2D eigenvalue weighted by Gasteiger charge is 2.11. The summed E-state index contributed by atoms with van der Waals surface area (Å²) in [5.74, 6) is -0.509. The minimum atomic E-state index is -0.677. The average Bonchev–Trinajstić information content (AvgIpc) is 2.39. The van der Waals surface area contributed by atoms with Crippen LogP contribution < -0.4 is 5.56 Å². The van der Waals surface area contributed by atoms with Gasteiger partial charge >= 0.3 is 0 Å². The van der Waals surface area contributed by atoms with Gasteiger partial charge in [0.15, 0.2) is 0 Å². The van der Waals surface area contributed by atoms with Gasteiger partial charge in [0, 0.05) is 5.02 Å². The van der Waals surface area contributed by atoms with Gasteiger partial charge in [-0.05, 0) is 35.4 Å². The van der Waals surface area contributed by atoms with E-state index in [4.69, 9.17) is 28.5 Å². The third-order valence-corrected chi connectivity index (χ3v) is 3.03. The lowest BCUT2D eigenvalue weighted by Gasteiger charge is -2.09. The summed E-state index contributed by atoms with van der Waals surface area (Å²) in [6, 6.07) is 6.69. The molecule has 0 bridgehead atoms. The summed E-state index contributed by atoms with van der Waals surface area (Å²) in [5, 5.41) is 18.7. The molecule has 1 heterocycles. The summed E-state index contributed by atoms with van der Waals surface area (Å²) in [6.07, 6.45) is 0.977. The number of nitriles is 1. The van der Waals surface area contributed by atoms with Gasteiger partial charge in [0.1, 0.15) is 0 Å². The maximum absolute atomic E-state index is 11.8. The van der Waals surface area contributed by atoms with Crippen molar-refractivity contribution >= 4 is 23.2 Å². The van der Waals surface area contributed by atoms with Crippen molar-refractivity contribution in [2.24, 2.45) is 0 Å². The second kappa shape index (κ2) is 5.31. The topological polar surface area (TPSA) is 78.9 Å². The summed E-state index contributed by atoms with van der Waals surface area (Å²) in [5.41, 5.74) is 0.214. The van der Waals surface area contributed by atoms with Crippen molar-refractivity contribution in [3.8, 4) is 11.8 Å². The number of aromatic hydroxyl groups is 1. The molecular formula is C12H7Cl2N3O2. The van der Waals surface area contributed by atoms with E-state index in [0.717, 1.165) is 10.8 Å². The monoisotopic (exact) mass is 295 g/mol. The third-order valence-electron chi connectivity index (χ3n) is 2.50. The number of aromatic nitrogens is 2. The molecule has 0 aliphatic heterocycles. The Morgan fingerprint density at radius 1 is 1.42 bits per heavy atom. The fraction of sp³-hybridized carbons (Fsp3) is 0.0833. The van der Waals surface area contributed by atoms with Gasteiger partial charge in [0.2, 0.25) is 11.0 Å². The molecule has 19 heavy (non-hydrogen) atoms. The fourth-order valence-corrected chi connectivity index (χ4v) is 1.95. The molecule has 0 saturated carbocycles. The first-order chi connectivity index (χ1) is 9.02. The van der Waals surface area contributed by atoms with Crippen LogP contribution in [0.15, 0.2) is 29.2 Å². The van der Waals surface area contributed by atoms with Crippen LogP contribution >= 0.6 is 23.2 Å². The second-order valence-electron chi connectivity index (χ2n) is 3.72. The van der Waals surface area contributed by atoms with Gasteiger partial charge in [0.05, 0.1) is 24.4 Å². The van der Waals surface area contributed by atoms with Crippen molar-refractivity contribution in [2.75, 3.05) is 0 Å². The predicted molar refractivity (Wildman–Crippen MR) is 70.4 cm³/mol. The molecule has 0 aliphatic carbocycles. The summed E-state index contributed by atoms with van der Waals surface area (Å²) in [4.78, 5) is 15.4. The Labute approximate surface area is 118 Å². The van der Waals surface area contributed by atoms with E-state index in [2.05, 4.69) is 4.98 Å². The van der Waals surface area contributed by atoms with Crippen LogP contribution in [0.4, 0.5) is 0 Å². The van der Waals surface area contributed by atoms with Crippen molar-refractivity contribution < 1.29 is 5.11 Å². The smallest absolute Gasteiger partial charge is 0.296 e. The van der Waals surface area contributed by atoms with Crippen molar-refractivity contribution in [2.45, 2.75) is 6.54 Å². The standard InChI is InChI=1S/C12H7Cl2N3O2/c13-9-2-1-7(4-15)8(3-9)6-17-11(19)10(18)5-16-12(17)14/h1-3,5,18H,6H2. The predicted octanol–water partition coefficient (Wildman–Crippen LogP) is 2.18. The van der Waals surface area contributed by atoms with E-state index in [1.165, 1.54) is 0 Å². The zero-order valence-electron chi connectivity index (χ0n) is 9.47. The van der Waals surface area contributed by atoms with Crippen LogP contribution in [0.5, 0.6) is 5.75 Å². The first kappa shape index (κ1) is 13.4. The normalized spacial score (nSPS) is 10.2. The lowest BCUT2D eigenvalue weighted by Crippen LogP contribution is -2.22. The van der Waals surface area contributed by atoms with Gasteiger partial charge in [-0.25, -0.2) is 4.98 Å². The van der Waals surface area contributed by atoms with Crippen molar-refractivity contribution in [1.29, 1.82) is 5.26 Å². The summed E-state index contributed by atoms with van der Waals surface area (Å²) >= 11 is 11.7. The van der Waals surface area contributed by atoms with E-state index < -0.39 is 11.3 Å². The van der Waals surface area contributed by atoms with Crippen LogP contribution in [-0.2, 0) is 6.54 Å². The van der Waals surface area contributed by atoms with Gasteiger partial charge in [0.25, 0.3) is 5.56 Å². The zero-order chi connectivity index (χ0) is 14.0. The quantitative estimate of drug-likeness (QED) is 0.861. The molecule has 5 nitrogen and oxygen atoms in total. The molecular weight excluding hydrogens is 289 g/mol. The maximum Gasteiger partial charge on any atom is 0.296 e. The van der Waals surface area contributed by atoms with E-state index in [1.807, 2.05) is 6.07 Å². The molecule has 0 radical (unpaired) electrons. The lowest BCUT2D eigenvalue weighted by molar-refractivity contribution is 0.454. The van der Waals surface area contributed by atoms with Crippen LogP contribution in [0.3, 0.4) is 0 Å². The highest BCUT2D eigenvalue weighted by molar-refractivity contribution is 6.30. The van der Waals surface area contributed by atoms with Crippen molar-refractivity contribution in [1.82, 2.24) is 9.55 Å². The van der Waals surface area contributed by atoms with Crippen molar-refractivity contribution in [3.05, 3.63) is 56.2 Å². The number of hydrogen-bond donors (Lipinski definition) is 1. The average molecular weight is 296 g/mol. The molecule has 0 aliphatic rings. The van der Waals surface area contributed by atoms with Crippen molar-refractivity contribution in [3.63, 3.8) is 0 Å². The summed E-state index contributed by atoms with van der Waals surface area (Å²) in [6.45, 7) is 0.00250. The van der Waals surface area contributed by atoms with E-state index in [9.17, 15) is 9.90 Å². The molecule has 0 fully saturated rings. The Morgan fingerprint density at radius 2 is 2.16 bits per heavy atom. The van der Waals surface area contributed by atoms with Gasteiger partial charge < -0.3 is 5.11 Å². The number of benzene rings is 1. The van der Waals surface area contributed by atoms with Crippen LogP contribution in [0.25, 0.3) is 0 Å². The molecule has 1 aromatic carbocycles. The Hall–Kier alpha value is -2.03. The highest BCUT2D eigenvalue weighted by Crippen LogP contribution is 2.18. The van der Waals surface area contributed by atoms with E-state index in [1.54, 1.807) is 18.2 Å². The first-order valence-corrected chi connectivity index (χ1v) is 5.91. The molecule has 2 rings (SSSR count). The molecule has 2 aromatic rings. The van der Waals surface area contributed by atoms with E-state index in [0.29, 0.717) is 16.1 Å². The fourth-order valence-electron chi connectivity index (χ4n) is 1.57. The molecule has 0 amide bonds. The van der Waals surface area contributed by atoms with Gasteiger partial charge in [-0.2, -0.15) is 5.26 Å². The highest BCUT2D eigenvalue weighted by atomic mass is 35.5. The van der Waals surface area contributed by atoms with E-state index in [-0.39, 0.29) is 11.8 Å². The molecule has 1 aromatic heterocycles. The van der Waals surface area contributed by atoms with Crippen LogP contribution in [-0.4, -0.2) is 14.7 Å². The van der Waals surface area contributed by atoms with E-state index >= 15 is 0 Å². The summed E-state index contributed by atoms with van der Waals surface area (Å²) < 4.78 is 1.06. The van der Waals surface area contributed by atoms with Crippen LogP contribution in [0.1, 0.15) is 11.1 Å². The first-order valence-electron chi connectivity index (χ1n) is 5.15. The Bertz CT molecular complexity index is 735. The molecule has 1 N–H and O–H groups in total. The Balaban J connectivity index is 2.54. The Morgan fingerprint density at radius 3 is 2.84 bits per heavy atom. The SMILES string of the molecule is N#Cc1ccc(Cl)cc1Cn1c(Cl)ncc(O)c1=O. The maximum atomic E-state index is 11.8. The van der Waals surface area contributed by atoms with Crippen LogP contribution in [0, 0.1) is 11.3 Å². The summed E-state index contributed by atoms with van der Waals surface area (Å²) in [7, 11) is 0. The molecule has 7 heteroatoms. The van der Waals surface area contributed by atoms with Gasteiger partial charge in [-0.3, -0.25) is 9.36 Å². The number of nitrogens with zero attached hydrogens (tertiary/aromatic N) is 3. The minimum absolute atomic E-state index is 0.00250. The minimum Gasteiger partial charge on any atom is -0.502 e. The molecule has 0 spiro atoms. The molecule has 0 atom stereocenters. The number of rotatable bonds is 2.